The minimum absolute atomic E-state index is 0.505. The summed E-state index contributed by atoms with van der Waals surface area (Å²) < 4.78 is 0. The fourth-order valence-electron chi connectivity index (χ4n) is 3.40. The molecule has 2 bridgehead atoms. The Morgan fingerprint density at radius 2 is 2.17 bits per heavy atom. The van der Waals surface area contributed by atoms with E-state index >= 15 is 0 Å². The Hall–Kier alpha value is -0.300. The molecule has 0 radical (unpaired) electrons. The summed E-state index contributed by atoms with van der Waals surface area (Å²) in [5.74, 6) is 1.61. The van der Waals surface area contributed by atoms with Gasteiger partial charge in [0.05, 0.1) is 0 Å². The van der Waals surface area contributed by atoms with Gasteiger partial charge in [0.25, 0.3) is 0 Å². The number of hydrogen-bond donors (Lipinski definition) is 1. The number of fused-ring (bicyclic) bond motifs is 2. The molecule has 2 aliphatic rings. The van der Waals surface area contributed by atoms with Crippen molar-refractivity contribution in [3.63, 3.8) is 0 Å². The minimum Gasteiger partial charge on any atom is -0.316 e. The summed E-state index contributed by atoms with van der Waals surface area (Å²) in [4.78, 5) is 0. The molecule has 0 spiro atoms. The van der Waals surface area contributed by atoms with Gasteiger partial charge in [-0.3, -0.25) is 0 Å². The van der Waals surface area contributed by atoms with E-state index in [2.05, 4.69) is 32.8 Å². The highest BCUT2D eigenvalue weighted by molar-refractivity contribution is 5.23. The highest BCUT2D eigenvalue weighted by Crippen LogP contribution is 2.59. The molecule has 1 unspecified atom stereocenters. The van der Waals surface area contributed by atoms with Crippen molar-refractivity contribution in [3.8, 4) is 0 Å². The van der Waals surface area contributed by atoms with Crippen LogP contribution in [0, 0.1) is 17.3 Å². The fraction of sp³-hybridized carbons (Fsp3) is 0.818. The highest BCUT2D eigenvalue weighted by atomic mass is 14.9. The van der Waals surface area contributed by atoms with Crippen LogP contribution in [0.1, 0.15) is 26.7 Å². The standard InChI is InChI=1S/C11H19N/c1-7-5-8-6-9(12-4)10(7)11(8,2)3/h8-10,12H,1,5-6H2,2-4H3/t8-,9-,10?/m1/s1. The van der Waals surface area contributed by atoms with Crippen LogP contribution in [0.3, 0.4) is 0 Å². The van der Waals surface area contributed by atoms with E-state index in [1.54, 1.807) is 0 Å². The Labute approximate surface area is 75.2 Å². The molecule has 0 heterocycles. The van der Waals surface area contributed by atoms with Gasteiger partial charge in [0, 0.05) is 12.0 Å². The average Bonchev–Trinajstić information content (AvgIpc) is 2.35. The van der Waals surface area contributed by atoms with E-state index in [0.29, 0.717) is 11.5 Å². The lowest BCUT2D eigenvalue weighted by Crippen LogP contribution is -2.34. The van der Waals surface area contributed by atoms with E-state index in [1.807, 2.05) is 0 Å². The molecule has 1 N–H and O–H groups in total. The van der Waals surface area contributed by atoms with Crippen LogP contribution >= 0.6 is 0 Å². The monoisotopic (exact) mass is 165 g/mol. The molecule has 2 rings (SSSR count). The van der Waals surface area contributed by atoms with Crippen molar-refractivity contribution in [2.24, 2.45) is 17.3 Å². The SMILES string of the molecule is C=C1C[C@@H]2C[C@@H](NC)C1C2(C)C. The molecule has 2 aliphatic carbocycles. The first-order valence-corrected chi connectivity index (χ1v) is 4.92. The third-order valence-corrected chi connectivity index (χ3v) is 4.11. The molecule has 1 heteroatoms. The maximum Gasteiger partial charge on any atom is 0.0138 e. The van der Waals surface area contributed by atoms with E-state index in [9.17, 15) is 0 Å². The van der Waals surface area contributed by atoms with Crippen LogP contribution in [-0.4, -0.2) is 13.1 Å². The van der Waals surface area contributed by atoms with E-state index in [0.717, 1.165) is 11.8 Å². The summed E-state index contributed by atoms with van der Waals surface area (Å²) in [7, 11) is 2.08. The van der Waals surface area contributed by atoms with Gasteiger partial charge in [-0.2, -0.15) is 0 Å². The third kappa shape index (κ3) is 0.832. The van der Waals surface area contributed by atoms with Crippen molar-refractivity contribution in [2.75, 3.05) is 7.05 Å². The smallest absolute Gasteiger partial charge is 0.0138 e. The van der Waals surface area contributed by atoms with Crippen molar-refractivity contribution in [3.05, 3.63) is 12.2 Å². The van der Waals surface area contributed by atoms with Crippen LogP contribution in [0.15, 0.2) is 12.2 Å². The van der Waals surface area contributed by atoms with Gasteiger partial charge in [-0.15, -0.1) is 0 Å². The molecule has 12 heavy (non-hydrogen) atoms. The van der Waals surface area contributed by atoms with Gasteiger partial charge in [0.1, 0.15) is 0 Å². The molecular weight excluding hydrogens is 146 g/mol. The largest absolute Gasteiger partial charge is 0.316 e. The maximum absolute atomic E-state index is 4.19. The highest BCUT2D eigenvalue weighted by Gasteiger charge is 2.54. The van der Waals surface area contributed by atoms with Gasteiger partial charge in [-0.25, -0.2) is 0 Å². The van der Waals surface area contributed by atoms with E-state index in [1.165, 1.54) is 18.4 Å². The Morgan fingerprint density at radius 1 is 1.50 bits per heavy atom. The zero-order valence-electron chi connectivity index (χ0n) is 8.35. The summed E-state index contributed by atoms with van der Waals surface area (Å²) >= 11 is 0. The number of hydrogen-bond acceptors (Lipinski definition) is 1. The zero-order valence-corrected chi connectivity index (χ0v) is 8.35. The summed E-state index contributed by atoms with van der Waals surface area (Å²) in [6, 6.07) is 0.700. The van der Waals surface area contributed by atoms with Crippen molar-refractivity contribution in [2.45, 2.75) is 32.7 Å². The van der Waals surface area contributed by atoms with Crippen molar-refractivity contribution >= 4 is 0 Å². The maximum atomic E-state index is 4.19. The lowest BCUT2D eigenvalue weighted by atomic mass is 9.81. The third-order valence-electron chi connectivity index (χ3n) is 4.11. The van der Waals surface area contributed by atoms with Crippen LogP contribution < -0.4 is 5.32 Å². The fourth-order valence-corrected chi connectivity index (χ4v) is 3.40. The number of rotatable bonds is 1. The van der Waals surface area contributed by atoms with E-state index < -0.39 is 0 Å². The predicted molar refractivity (Wildman–Crippen MR) is 52.0 cm³/mol. The van der Waals surface area contributed by atoms with E-state index in [-0.39, 0.29) is 0 Å². The van der Waals surface area contributed by atoms with Crippen molar-refractivity contribution < 1.29 is 0 Å². The normalized spacial score (nSPS) is 43.9. The first-order valence-electron chi connectivity index (χ1n) is 4.92. The van der Waals surface area contributed by atoms with Crippen LogP contribution in [0.25, 0.3) is 0 Å². The minimum atomic E-state index is 0.505. The van der Waals surface area contributed by atoms with Crippen molar-refractivity contribution in [1.29, 1.82) is 0 Å². The molecule has 1 nitrogen and oxygen atoms in total. The van der Waals surface area contributed by atoms with Crippen LogP contribution in [0.4, 0.5) is 0 Å². The molecule has 0 aromatic heterocycles. The summed E-state index contributed by atoms with van der Waals surface area (Å²) in [5.41, 5.74) is 1.99. The first kappa shape index (κ1) is 8.31. The first-order chi connectivity index (χ1) is 5.57. The molecule has 3 atom stereocenters. The Bertz CT molecular complexity index is 217. The van der Waals surface area contributed by atoms with Gasteiger partial charge in [0.2, 0.25) is 0 Å². The molecule has 2 saturated carbocycles. The van der Waals surface area contributed by atoms with Gasteiger partial charge in [-0.05, 0) is 31.2 Å². The second-order valence-electron chi connectivity index (χ2n) is 4.99. The second kappa shape index (κ2) is 2.35. The molecule has 0 aromatic carbocycles. The Morgan fingerprint density at radius 3 is 2.50 bits per heavy atom. The zero-order chi connectivity index (χ0) is 8.93. The van der Waals surface area contributed by atoms with Crippen molar-refractivity contribution in [1.82, 2.24) is 5.32 Å². The van der Waals surface area contributed by atoms with Gasteiger partial charge in [-0.1, -0.05) is 26.0 Å². The molecule has 68 valence electrons. The lowest BCUT2D eigenvalue weighted by molar-refractivity contribution is 0.260. The van der Waals surface area contributed by atoms with Crippen LogP contribution in [0.2, 0.25) is 0 Å². The Kier molecular flexibility index (Phi) is 1.63. The van der Waals surface area contributed by atoms with Gasteiger partial charge < -0.3 is 5.32 Å². The molecule has 0 aromatic rings. The molecular formula is C11H19N. The molecule has 0 amide bonds. The summed E-state index contributed by atoms with van der Waals surface area (Å²) in [5, 5.41) is 3.42. The second-order valence-corrected chi connectivity index (χ2v) is 4.99. The van der Waals surface area contributed by atoms with Gasteiger partial charge in [0.15, 0.2) is 0 Å². The molecule has 0 saturated heterocycles. The number of nitrogens with one attached hydrogen (secondary N) is 1. The molecule has 0 aliphatic heterocycles. The van der Waals surface area contributed by atoms with Crippen LogP contribution in [-0.2, 0) is 0 Å². The summed E-state index contributed by atoms with van der Waals surface area (Å²) in [6.45, 7) is 8.99. The summed E-state index contributed by atoms with van der Waals surface area (Å²) in [6.07, 6.45) is 2.63. The average molecular weight is 165 g/mol. The van der Waals surface area contributed by atoms with Crippen LogP contribution in [0.5, 0.6) is 0 Å². The van der Waals surface area contributed by atoms with E-state index in [4.69, 9.17) is 0 Å². The topological polar surface area (TPSA) is 12.0 Å². The Balaban J connectivity index is 2.30. The molecule has 2 fully saturated rings. The van der Waals surface area contributed by atoms with Gasteiger partial charge >= 0.3 is 0 Å². The lowest BCUT2D eigenvalue weighted by Gasteiger charge is -2.27. The quantitative estimate of drug-likeness (QED) is 0.587. The predicted octanol–water partition coefficient (Wildman–Crippen LogP) is 2.20.